The van der Waals surface area contributed by atoms with Crippen molar-refractivity contribution < 1.29 is 9.53 Å². The molecule has 1 aromatic carbocycles. The number of aryl methyl sites for hydroxylation is 1. The van der Waals surface area contributed by atoms with Crippen LogP contribution in [0.25, 0.3) is 0 Å². The fraction of sp³-hybridized carbons (Fsp3) is 0.588. The van der Waals surface area contributed by atoms with Gasteiger partial charge in [0.15, 0.2) is 0 Å². The normalized spacial score (nSPS) is 16.6. The third-order valence-electron chi connectivity index (χ3n) is 3.80. The maximum Gasteiger partial charge on any atom is 0.238 e. The van der Waals surface area contributed by atoms with Crippen molar-refractivity contribution in [1.29, 1.82) is 0 Å². The van der Waals surface area contributed by atoms with Crippen LogP contribution in [-0.4, -0.2) is 24.6 Å². The highest BCUT2D eigenvalue weighted by atomic mass is 16.5. The standard InChI is InChI=1S/C17H26N2O2/c1-11-9-12(17(2,3)4)5-8-15(11)21-10-14(16(18)20)19-13-6-7-13/h5,8-9,13-14,19H,6-7,10H2,1-4H3,(H2,18,20). The molecule has 0 radical (unpaired) electrons. The molecule has 1 fully saturated rings. The molecule has 1 amide bonds. The number of carbonyl (C=O) groups excluding carboxylic acids is 1. The first kappa shape index (κ1) is 15.8. The molecular formula is C17H26N2O2. The molecule has 1 saturated carbocycles. The summed E-state index contributed by atoms with van der Waals surface area (Å²) in [7, 11) is 0. The number of benzene rings is 1. The summed E-state index contributed by atoms with van der Waals surface area (Å²) in [5.41, 5.74) is 7.89. The molecule has 2 rings (SSSR count). The quantitative estimate of drug-likeness (QED) is 0.845. The predicted octanol–water partition coefficient (Wildman–Crippen LogP) is 2.28. The second kappa shape index (κ2) is 6.06. The number of rotatable bonds is 6. The molecule has 1 aromatic rings. The van der Waals surface area contributed by atoms with Gasteiger partial charge in [-0.1, -0.05) is 32.9 Å². The van der Waals surface area contributed by atoms with Crippen LogP contribution in [0.3, 0.4) is 0 Å². The van der Waals surface area contributed by atoms with E-state index in [-0.39, 0.29) is 17.9 Å². The summed E-state index contributed by atoms with van der Waals surface area (Å²) >= 11 is 0. The largest absolute Gasteiger partial charge is 0.491 e. The number of amides is 1. The Hall–Kier alpha value is -1.55. The van der Waals surface area contributed by atoms with Crippen LogP contribution < -0.4 is 15.8 Å². The van der Waals surface area contributed by atoms with Gasteiger partial charge in [0, 0.05) is 6.04 Å². The van der Waals surface area contributed by atoms with E-state index in [2.05, 4.69) is 38.2 Å². The number of hydrogen-bond donors (Lipinski definition) is 2. The zero-order valence-electron chi connectivity index (χ0n) is 13.4. The zero-order chi connectivity index (χ0) is 15.6. The number of ether oxygens (including phenoxy) is 1. The van der Waals surface area contributed by atoms with Gasteiger partial charge in [0.1, 0.15) is 18.4 Å². The number of nitrogens with one attached hydrogen (secondary N) is 1. The lowest BCUT2D eigenvalue weighted by Crippen LogP contribution is -2.46. The first-order valence-corrected chi connectivity index (χ1v) is 7.56. The lowest BCUT2D eigenvalue weighted by atomic mass is 9.86. The summed E-state index contributed by atoms with van der Waals surface area (Å²) in [6, 6.07) is 6.21. The van der Waals surface area contributed by atoms with Gasteiger partial charge >= 0.3 is 0 Å². The Morgan fingerprint density at radius 1 is 1.43 bits per heavy atom. The third kappa shape index (κ3) is 4.46. The third-order valence-corrected chi connectivity index (χ3v) is 3.80. The first-order valence-electron chi connectivity index (χ1n) is 7.56. The van der Waals surface area contributed by atoms with Gasteiger partial charge in [-0.05, 0) is 42.4 Å². The van der Waals surface area contributed by atoms with Crippen LogP contribution in [0.4, 0.5) is 0 Å². The topological polar surface area (TPSA) is 64.3 Å². The van der Waals surface area contributed by atoms with E-state index in [1.165, 1.54) is 5.56 Å². The lowest BCUT2D eigenvalue weighted by molar-refractivity contribution is -0.120. The summed E-state index contributed by atoms with van der Waals surface area (Å²) in [6.45, 7) is 8.86. The molecule has 116 valence electrons. The van der Waals surface area contributed by atoms with E-state index < -0.39 is 6.04 Å². The summed E-state index contributed by atoms with van der Waals surface area (Å²) in [6.07, 6.45) is 2.23. The second-order valence-corrected chi connectivity index (χ2v) is 6.94. The Bertz CT molecular complexity index is 516. The van der Waals surface area contributed by atoms with E-state index >= 15 is 0 Å². The molecule has 1 unspecified atom stereocenters. The molecule has 4 nitrogen and oxygen atoms in total. The minimum atomic E-state index is -0.417. The van der Waals surface area contributed by atoms with Crippen LogP contribution in [-0.2, 0) is 10.2 Å². The summed E-state index contributed by atoms with van der Waals surface area (Å²) < 4.78 is 5.79. The van der Waals surface area contributed by atoms with Crippen LogP contribution in [0, 0.1) is 6.92 Å². The SMILES string of the molecule is Cc1cc(C(C)(C)C)ccc1OCC(NC1CC1)C(N)=O. The zero-order valence-corrected chi connectivity index (χ0v) is 13.4. The van der Waals surface area contributed by atoms with Gasteiger partial charge in [-0.15, -0.1) is 0 Å². The van der Waals surface area contributed by atoms with E-state index in [0.29, 0.717) is 6.04 Å². The highest BCUT2D eigenvalue weighted by Gasteiger charge is 2.27. The van der Waals surface area contributed by atoms with E-state index in [1.807, 2.05) is 13.0 Å². The van der Waals surface area contributed by atoms with Gasteiger partial charge in [0.2, 0.25) is 5.91 Å². The molecule has 1 aliphatic rings. The van der Waals surface area contributed by atoms with Crippen molar-refractivity contribution >= 4 is 5.91 Å². The highest BCUT2D eigenvalue weighted by molar-refractivity contribution is 5.80. The average molecular weight is 290 g/mol. The Kier molecular flexibility index (Phi) is 4.57. The molecule has 0 heterocycles. The predicted molar refractivity (Wildman–Crippen MR) is 84.5 cm³/mol. The van der Waals surface area contributed by atoms with Gasteiger partial charge < -0.3 is 15.8 Å². The first-order chi connectivity index (χ1) is 9.77. The van der Waals surface area contributed by atoms with Crippen molar-refractivity contribution in [3.8, 4) is 5.75 Å². The van der Waals surface area contributed by atoms with E-state index in [1.54, 1.807) is 0 Å². The lowest BCUT2D eigenvalue weighted by Gasteiger charge is -2.21. The van der Waals surface area contributed by atoms with Crippen LogP contribution >= 0.6 is 0 Å². The summed E-state index contributed by atoms with van der Waals surface area (Å²) in [5, 5.41) is 3.22. The molecule has 21 heavy (non-hydrogen) atoms. The van der Waals surface area contributed by atoms with E-state index in [0.717, 1.165) is 24.2 Å². The van der Waals surface area contributed by atoms with Crippen molar-refractivity contribution in [1.82, 2.24) is 5.32 Å². The molecule has 0 spiro atoms. The number of primary amides is 1. The molecule has 0 aromatic heterocycles. The Morgan fingerprint density at radius 3 is 2.57 bits per heavy atom. The monoisotopic (exact) mass is 290 g/mol. The molecule has 1 aliphatic carbocycles. The molecule has 0 saturated heterocycles. The number of carbonyl (C=O) groups is 1. The summed E-state index contributed by atoms with van der Waals surface area (Å²) in [5.74, 6) is 0.456. The minimum absolute atomic E-state index is 0.118. The average Bonchev–Trinajstić information content (AvgIpc) is 3.18. The van der Waals surface area contributed by atoms with Crippen molar-refractivity contribution in [2.45, 2.75) is 58.0 Å². The second-order valence-electron chi connectivity index (χ2n) is 6.94. The fourth-order valence-corrected chi connectivity index (χ4v) is 2.20. The van der Waals surface area contributed by atoms with Gasteiger partial charge in [-0.3, -0.25) is 4.79 Å². The molecule has 1 atom stereocenters. The van der Waals surface area contributed by atoms with Gasteiger partial charge in [-0.25, -0.2) is 0 Å². The molecule has 4 heteroatoms. The van der Waals surface area contributed by atoms with E-state index in [9.17, 15) is 4.79 Å². The number of nitrogens with two attached hydrogens (primary N) is 1. The van der Waals surface area contributed by atoms with Crippen molar-refractivity contribution in [2.24, 2.45) is 5.73 Å². The number of hydrogen-bond acceptors (Lipinski definition) is 3. The fourth-order valence-electron chi connectivity index (χ4n) is 2.20. The maximum atomic E-state index is 11.4. The summed E-state index contributed by atoms with van der Waals surface area (Å²) in [4.78, 5) is 11.4. The van der Waals surface area contributed by atoms with Gasteiger partial charge in [0.25, 0.3) is 0 Å². The van der Waals surface area contributed by atoms with Crippen LogP contribution in [0.5, 0.6) is 5.75 Å². The van der Waals surface area contributed by atoms with Gasteiger partial charge in [-0.2, -0.15) is 0 Å². The van der Waals surface area contributed by atoms with Crippen LogP contribution in [0.1, 0.15) is 44.7 Å². The van der Waals surface area contributed by atoms with Gasteiger partial charge in [0.05, 0.1) is 0 Å². The Labute approximate surface area is 127 Å². The van der Waals surface area contributed by atoms with Crippen molar-refractivity contribution in [3.63, 3.8) is 0 Å². The minimum Gasteiger partial charge on any atom is -0.491 e. The maximum absolute atomic E-state index is 11.4. The molecule has 0 aliphatic heterocycles. The highest BCUT2D eigenvalue weighted by Crippen LogP contribution is 2.27. The van der Waals surface area contributed by atoms with Crippen LogP contribution in [0.15, 0.2) is 18.2 Å². The molecular weight excluding hydrogens is 264 g/mol. The Balaban J connectivity index is 2.00. The Morgan fingerprint density at radius 2 is 2.10 bits per heavy atom. The smallest absolute Gasteiger partial charge is 0.238 e. The molecule has 0 bridgehead atoms. The van der Waals surface area contributed by atoms with Crippen LogP contribution in [0.2, 0.25) is 0 Å². The van der Waals surface area contributed by atoms with Crippen molar-refractivity contribution in [2.75, 3.05) is 6.61 Å². The van der Waals surface area contributed by atoms with E-state index in [4.69, 9.17) is 10.5 Å². The molecule has 3 N–H and O–H groups in total. The van der Waals surface area contributed by atoms with Crippen molar-refractivity contribution in [3.05, 3.63) is 29.3 Å².